The Morgan fingerprint density at radius 2 is 2.33 bits per heavy atom. The van der Waals surface area contributed by atoms with Crippen LogP contribution >= 0.6 is 0 Å². The number of halogens is 1. The summed E-state index contributed by atoms with van der Waals surface area (Å²) in [5.41, 5.74) is 5.89. The number of carbonyl (C=O) groups excluding carboxylic acids is 1. The van der Waals surface area contributed by atoms with E-state index in [1.54, 1.807) is 7.05 Å². The maximum absolute atomic E-state index is 13.3. The molecular formula is C14H14FN5O. The molecule has 108 valence electrons. The lowest BCUT2D eigenvalue weighted by atomic mass is 10.1. The number of benzene rings is 1. The second-order valence-electron chi connectivity index (χ2n) is 4.21. The molecule has 7 heteroatoms. The molecule has 1 amide bonds. The van der Waals surface area contributed by atoms with Crippen LogP contribution in [0.4, 0.5) is 4.39 Å². The second-order valence-corrected chi connectivity index (χ2v) is 4.21. The zero-order valence-electron chi connectivity index (χ0n) is 11.4. The van der Waals surface area contributed by atoms with Gasteiger partial charge in [0.1, 0.15) is 12.1 Å². The van der Waals surface area contributed by atoms with Gasteiger partial charge < -0.3 is 11.1 Å². The molecule has 0 aliphatic rings. The predicted molar refractivity (Wildman–Crippen MR) is 74.5 cm³/mol. The fourth-order valence-electron chi connectivity index (χ4n) is 1.68. The Hall–Kier alpha value is -2.72. The fourth-order valence-corrected chi connectivity index (χ4v) is 1.68. The standard InChI is InChI=1S/C14H14FN5O/c1-20-9-18-13(19-20)8-17-14(21)12-7-11(15)5-4-10(12)3-2-6-16/h4-5,7,9H,6,8,16H2,1H3,(H,17,21). The largest absolute Gasteiger partial charge is 0.345 e. The molecule has 0 aliphatic carbocycles. The smallest absolute Gasteiger partial charge is 0.253 e. The molecule has 3 N–H and O–H groups in total. The zero-order valence-corrected chi connectivity index (χ0v) is 11.4. The van der Waals surface area contributed by atoms with E-state index in [0.717, 1.165) is 6.07 Å². The number of rotatable bonds is 3. The molecule has 0 unspecified atom stereocenters. The Bertz CT molecular complexity index is 714. The van der Waals surface area contributed by atoms with Crippen molar-refractivity contribution in [3.05, 3.63) is 47.3 Å². The average Bonchev–Trinajstić information content (AvgIpc) is 2.89. The molecular weight excluding hydrogens is 273 g/mol. The molecule has 0 saturated heterocycles. The molecule has 0 fully saturated rings. The lowest BCUT2D eigenvalue weighted by molar-refractivity contribution is 0.0949. The minimum absolute atomic E-state index is 0.153. The van der Waals surface area contributed by atoms with Crippen molar-refractivity contribution >= 4 is 5.91 Å². The van der Waals surface area contributed by atoms with Gasteiger partial charge in [0.15, 0.2) is 5.82 Å². The van der Waals surface area contributed by atoms with Crippen molar-refractivity contribution in [2.24, 2.45) is 12.8 Å². The van der Waals surface area contributed by atoms with E-state index in [2.05, 4.69) is 27.2 Å². The van der Waals surface area contributed by atoms with Gasteiger partial charge in [-0.3, -0.25) is 9.48 Å². The van der Waals surface area contributed by atoms with Crippen LogP contribution in [-0.4, -0.2) is 27.2 Å². The highest BCUT2D eigenvalue weighted by atomic mass is 19.1. The van der Waals surface area contributed by atoms with Crippen LogP contribution in [0.25, 0.3) is 0 Å². The van der Waals surface area contributed by atoms with Crippen LogP contribution in [0.1, 0.15) is 21.7 Å². The third-order valence-corrected chi connectivity index (χ3v) is 2.61. The Labute approximate surface area is 121 Å². The molecule has 0 atom stereocenters. The van der Waals surface area contributed by atoms with Gasteiger partial charge in [0.05, 0.1) is 18.7 Å². The quantitative estimate of drug-likeness (QED) is 0.789. The lowest BCUT2D eigenvalue weighted by Gasteiger charge is -2.05. The van der Waals surface area contributed by atoms with Crippen molar-refractivity contribution < 1.29 is 9.18 Å². The SMILES string of the molecule is Cn1cnc(CNC(=O)c2cc(F)ccc2C#CCN)n1. The third-order valence-electron chi connectivity index (χ3n) is 2.61. The van der Waals surface area contributed by atoms with Gasteiger partial charge >= 0.3 is 0 Å². The summed E-state index contributed by atoms with van der Waals surface area (Å²) in [7, 11) is 1.73. The number of hydrogen-bond donors (Lipinski definition) is 2. The number of carbonyl (C=O) groups is 1. The van der Waals surface area contributed by atoms with Gasteiger partial charge in [-0.2, -0.15) is 5.10 Å². The minimum Gasteiger partial charge on any atom is -0.345 e. The van der Waals surface area contributed by atoms with Gasteiger partial charge in [0.25, 0.3) is 5.91 Å². The van der Waals surface area contributed by atoms with Crippen molar-refractivity contribution in [1.82, 2.24) is 20.1 Å². The number of amides is 1. The number of aromatic nitrogens is 3. The summed E-state index contributed by atoms with van der Waals surface area (Å²) in [6, 6.07) is 3.84. The van der Waals surface area contributed by atoms with E-state index in [4.69, 9.17) is 5.73 Å². The Balaban J connectivity index is 2.15. The van der Waals surface area contributed by atoms with Crippen LogP contribution in [0.5, 0.6) is 0 Å². The first-order chi connectivity index (χ1) is 10.1. The van der Waals surface area contributed by atoms with Crippen LogP contribution in [0.15, 0.2) is 24.5 Å². The summed E-state index contributed by atoms with van der Waals surface area (Å²) in [5.74, 6) is 4.91. The second kappa shape index (κ2) is 6.63. The first kappa shape index (κ1) is 14.7. The number of nitrogens with two attached hydrogens (primary N) is 1. The molecule has 0 bridgehead atoms. The van der Waals surface area contributed by atoms with E-state index in [9.17, 15) is 9.18 Å². The van der Waals surface area contributed by atoms with E-state index in [0.29, 0.717) is 11.4 Å². The van der Waals surface area contributed by atoms with E-state index in [-0.39, 0.29) is 18.7 Å². The molecule has 0 saturated carbocycles. The van der Waals surface area contributed by atoms with E-state index in [1.807, 2.05) is 0 Å². The van der Waals surface area contributed by atoms with Gasteiger partial charge in [-0.15, -0.1) is 0 Å². The summed E-state index contributed by atoms with van der Waals surface area (Å²) < 4.78 is 14.8. The maximum atomic E-state index is 13.3. The van der Waals surface area contributed by atoms with Crippen molar-refractivity contribution in [3.8, 4) is 11.8 Å². The Kier molecular flexibility index (Phi) is 4.64. The van der Waals surface area contributed by atoms with Crippen LogP contribution in [0.3, 0.4) is 0 Å². The monoisotopic (exact) mass is 287 g/mol. The molecule has 2 rings (SSSR count). The summed E-state index contributed by atoms with van der Waals surface area (Å²) in [5, 5.41) is 6.67. The number of aryl methyl sites for hydroxylation is 1. The van der Waals surface area contributed by atoms with Crippen molar-refractivity contribution in [2.45, 2.75) is 6.54 Å². The lowest BCUT2D eigenvalue weighted by Crippen LogP contribution is -2.24. The van der Waals surface area contributed by atoms with Crippen LogP contribution in [-0.2, 0) is 13.6 Å². The number of nitrogens with one attached hydrogen (secondary N) is 1. The average molecular weight is 287 g/mol. The van der Waals surface area contributed by atoms with Crippen molar-refractivity contribution in [1.29, 1.82) is 0 Å². The third kappa shape index (κ3) is 3.87. The number of nitrogens with zero attached hydrogens (tertiary/aromatic N) is 3. The van der Waals surface area contributed by atoms with Crippen LogP contribution in [0.2, 0.25) is 0 Å². The van der Waals surface area contributed by atoms with Gasteiger partial charge in [0, 0.05) is 12.6 Å². The van der Waals surface area contributed by atoms with Gasteiger partial charge in [0.2, 0.25) is 0 Å². The van der Waals surface area contributed by atoms with Crippen LogP contribution < -0.4 is 11.1 Å². The van der Waals surface area contributed by atoms with E-state index >= 15 is 0 Å². The normalized spacial score (nSPS) is 9.86. The Morgan fingerprint density at radius 1 is 1.52 bits per heavy atom. The maximum Gasteiger partial charge on any atom is 0.253 e. The predicted octanol–water partition coefficient (Wildman–Crippen LogP) is 0.194. The summed E-state index contributed by atoms with van der Waals surface area (Å²) in [6.45, 7) is 0.316. The molecule has 2 aromatic rings. The highest BCUT2D eigenvalue weighted by molar-refractivity contribution is 5.96. The molecule has 6 nitrogen and oxygen atoms in total. The van der Waals surface area contributed by atoms with Gasteiger partial charge in [-0.25, -0.2) is 9.37 Å². The highest BCUT2D eigenvalue weighted by Crippen LogP contribution is 2.10. The van der Waals surface area contributed by atoms with E-state index in [1.165, 1.54) is 23.1 Å². The molecule has 1 aromatic heterocycles. The fraction of sp³-hybridized carbons (Fsp3) is 0.214. The molecule has 1 heterocycles. The highest BCUT2D eigenvalue weighted by Gasteiger charge is 2.12. The first-order valence-electron chi connectivity index (χ1n) is 6.21. The minimum atomic E-state index is -0.505. The first-order valence-corrected chi connectivity index (χ1v) is 6.21. The summed E-state index contributed by atoms with van der Waals surface area (Å²) in [4.78, 5) is 16.1. The zero-order chi connectivity index (χ0) is 15.2. The molecule has 0 radical (unpaired) electrons. The van der Waals surface area contributed by atoms with Crippen molar-refractivity contribution in [2.75, 3.05) is 6.54 Å². The molecule has 0 aliphatic heterocycles. The van der Waals surface area contributed by atoms with Gasteiger partial charge in [-0.05, 0) is 18.2 Å². The molecule has 1 aromatic carbocycles. The summed E-state index contributed by atoms with van der Waals surface area (Å²) >= 11 is 0. The number of hydrogen-bond acceptors (Lipinski definition) is 4. The van der Waals surface area contributed by atoms with Gasteiger partial charge in [-0.1, -0.05) is 11.8 Å². The van der Waals surface area contributed by atoms with E-state index < -0.39 is 11.7 Å². The summed E-state index contributed by atoms with van der Waals surface area (Å²) in [6.07, 6.45) is 1.53. The van der Waals surface area contributed by atoms with Crippen molar-refractivity contribution in [3.63, 3.8) is 0 Å². The topological polar surface area (TPSA) is 85.8 Å². The van der Waals surface area contributed by atoms with Crippen LogP contribution in [0, 0.1) is 17.7 Å². The molecule has 0 spiro atoms. The Morgan fingerprint density at radius 3 is 3.00 bits per heavy atom. The molecule has 21 heavy (non-hydrogen) atoms.